The van der Waals surface area contributed by atoms with Crippen LogP contribution in [-0.2, 0) is 0 Å². The number of phenols is 1. The number of hydrogen-bond acceptors (Lipinski definition) is 2. The number of fused-ring (bicyclic) bond motifs is 1. The van der Waals surface area contributed by atoms with Gasteiger partial charge < -0.3 is 5.11 Å². The normalized spacial score (nSPS) is 10.6. The van der Waals surface area contributed by atoms with Gasteiger partial charge in [-0.25, -0.2) is 0 Å². The largest absolute Gasteiger partial charge is 0.507 e. The second kappa shape index (κ2) is 4.35. The molecule has 0 atom stereocenters. The van der Waals surface area contributed by atoms with Crippen molar-refractivity contribution < 1.29 is 9.90 Å². The molecule has 2 heteroatoms. The standard InChI is InChI=1S/C14H14O2/c1-2-4-13(15)11-7-8-12-10(9-11)5-3-6-14(12)16/h3,5-9,16H,2,4H2,1H3. The molecule has 0 spiro atoms. The van der Waals surface area contributed by atoms with Crippen LogP contribution in [0.5, 0.6) is 5.75 Å². The van der Waals surface area contributed by atoms with Crippen molar-refractivity contribution in [3.63, 3.8) is 0 Å². The van der Waals surface area contributed by atoms with Gasteiger partial charge in [-0.15, -0.1) is 0 Å². The first-order valence-corrected chi connectivity index (χ1v) is 5.47. The third kappa shape index (κ3) is 1.91. The van der Waals surface area contributed by atoms with Crippen LogP contribution >= 0.6 is 0 Å². The lowest BCUT2D eigenvalue weighted by atomic mass is 10.0. The molecule has 0 radical (unpaired) electrons. The van der Waals surface area contributed by atoms with Gasteiger partial charge in [0.25, 0.3) is 0 Å². The van der Waals surface area contributed by atoms with Gasteiger partial charge >= 0.3 is 0 Å². The van der Waals surface area contributed by atoms with Crippen LogP contribution in [0.1, 0.15) is 30.1 Å². The first-order valence-electron chi connectivity index (χ1n) is 5.47. The lowest BCUT2D eigenvalue weighted by molar-refractivity contribution is 0.0982. The summed E-state index contributed by atoms with van der Waals surface area (Å²) in [6.07, 6.45) is 1.43. The van der Waals surface area contributed by atoms with Gasteiger partial charge in [-0.05, 0) is 30.0 Å². The highest BCUT2D eigenvalue weighted by atomic mass is 16.3. The average Bonchev–Trinajstić information content (AvgIpc) is 2.29. The van der Waals surface area contributed by atoms with Gasteiger partial charge in [0, 0.05) is 17.4 Å². The van der Waals surface area contributed by atoms with Crippen LogP contribution < -0.4 is 0 Å². The van der Waals surface area contributed by atoms with E-state index in [-0.39, 0.29) is 11.5 Å². The van der Waals surface area contributed by atoms with Crippen molar-refractivity contribution >= 4 is 16.6 Å². The number of Topliss-reactive ketones (excluding diaryl/α,β-unsaturated/α-hetero) is 1. The summed E-state index contributed by atoms with van der Waals surface area (Å²) in [7, 11) is 0. The number of carbonyl (C=O) groups is 1. The molecule has 1 N–H and O–H groups in total. The quantitative estimate of drug-likeness (QED) is 0.793. The van der Waals surface area contributed by atoms with Crippen molar-refractivity contribution in [1.29, 1.82) is 0 Å². The van der Waals surface area contributed by atoms with Crippen molar-refractivity contribution in [3.05, 3.63) is 42.0 Å². The first kappa shape index (κ1) is 10.7. The van der Waals surface area contributed by atoms with E-state index in [1.807, 2.05) is 19.1 Å². The van der Waals surface area contributed by atoms with E-state index in [0.29, 0.717) is 6.42 Å². The summed E-state index contributed by atoms with van der Waals surface area (Å²) in [4.78, 5) is 11.7. The Balaban J connectivity index is 2.48. The molecule has 16 heavy (non-hydrogen) atoms. The maximum Gasteiger partial charge on any atom is 0.162 e. The zero-order valence-corrected chi connectivity index (χ0v) is 9.23. The Morgan fingerprint density at radius 1 is 1.25 bits per heavy atom. The van der Waals surface area contributed by atoms with Crippen molar-refractivity contribution in [2.45, 2.75) is 19.8 Å². The Hall–Kier alpha value is -1.83. The fraction of sp³-hybridized carbons (Fsp3) is 0.214. The SMILES string of the molecule is CCCC(=O)c1ccc2c(O)cccc2c1. The summed E-state index contributed by atoms with van der Waals surface area (Å²) in [5.74, 6) is 0.416. The molecular formula is C14H14O2. The number of hydrogen-bond donors (Lipinski definition) is 1. The highest BCUT2D eigenvalue weighted by Crippen LogP contribution is 2.25. The van der Waals surface area contributed by atoms with Crippen molar-refractivity contribution in [2.75, 3.05) is 0 Å². The monoisotopic (exact) mass is 214 g/mol. The third-order valence-electron chi connectivity index (χ3n) is 2.66. The topological polar surface area (TPSA) is 37.3 Å². The molecule has 0 bridgehead atoms. The fourth-order valence-electron chi connectivity index (χ4n) is 1.81. The number of carbonyl (C=O) groups excluding carboxylic acids is 1. The van der Waals surface area contributed by atoms with E-state index >= 15 is 0 Å². The Labute approximate surface area is 94.5 Å². The van der Waals surface area contributed by atoms with Gasteiger partial charge in [-0.1, -0.05) is 25.1 Å². The Kier molecular flexibility index (Phi) is 2.91. The van der Waals surface area contributed by atoms with Crippen molar-refractivity contribution in [2.24, 2.45) is 0 Å². The molecular weight excluding hydrogens is 200 g/mol. The lowest BCUT2D eigenvalue weighted by Crippen LogP contribution is -1.97. The minimum absolute atomic E-state index is 0.160. The van der Waals surface area contributed by atoms with E-state index in [1.54, 1.807) is 24.3 Å². The molecule has 2 nitrogen and oxygen atoms in total. The van der Waals surface area contributed by atoms with E-state index in [4.69, 9.17) is 0 Å². The molecule has 0 saturated heterocycles. The fourth-order valence-corrected chi connectivity index (χ4v) is 1.81. The predicted molar refractivity (Wildman–Crippen MR) is 64.9 cm³/mol. The molecule has 2 aromatic carbocycles. The van der Waals surface area contributed by atoms with Gasteiger partial charge in [-0.3, -0.25) is 4.79 Å². The van der Waals surface area contributed by atoms with Gasteiger partial charge in [0.15, 0.2) is 5.78 Å². The molecule has 0 unspecified atom stereocenters. The molecule has 0 amide bonds. The molecule has 0 aliphatic heterocycles. The minimum Gasteiger partial charge on any atom is -0.507 e. The maximum absolute atomic E-state index is 11.7. The molecule has 2 rings (SSSR count). The summed E-state index contributed by atoms with van der Waals surface area (Å²) in [5.41, 5.74) is 0.722. The summed E-state index contributed by atoms with van der Waals surface area (Å²) >= 11 is 0. The Bertz CT molecular complexity index is 529. The first-order chi connectivity index (χ1) is 7.72. The van der Waals surface area contributed by atoms with Crippen LogP contribution in [0.25, 0.3) is 10.8 Å². The van der Waals surface area contributed by atoms with E-state index < -0.39 is 0 Å². The molecule has 0 aromatic heterocycles. The van der Waals surface area contributed by atoms with E-state index in [2.05, 4.69) is 0 Å². The van der Waals surface area contributed by atoms with E-state index in [0.717, 1.165) is 22.8 Å². The number of benzene rings is 2. The number of phenolic OH excluding ortho intramolecular Hbond substituents is 1. The molecule has 0 aliphatic carbocycles. The molecule has 2 aromatic rings. The summed E-state index contributed by atoms with van der Waals surface area (Å²) in [6, 6.07) is 10.8. The van der Waals surface area contributed by atoms with Crippen molar-refractivity contribution in [3.8, 4) is 5.75 Å². The highest BCUT2D eigenvalue weighted by Gasteiger charge is 2.06. The Morgan fingerprint density at radius 2 is 2.06 bits per heavy atom. The minimum atomic E-state index is 0.160. The lowest BCUT2D eigenvalue weighted by Gasteiger charge is -2.03. The predicted octanol–water partition coefficient (Wildman–Crippen LogP) is 3.53. The highest BCUT2D eigenvalue weighted by molar-refractivity contribution is 6.00. The summed E-state index contributed by atoms with van der Waals surface area (Å²) in [6.45, 7) is 1.99. The maximum atomic E-state index is 11.7. The second-order valence-corrected chi connectivity index (χ2v) is 3.89. The van der Waals surface area contributed by atoms with Gasteiger partial charge in [0.05, 0.1) is 0 Å². The molecule has 82 valence electrons. The van der Waals surface area contributed by atoms with Crippen LogP contribution in [0.3, 0.4) is 0 Å². The summed E-state index contributed by atoms with van der Waals surface area (Å²) < 4.78 is 0. The molecule has 0 aliphatic rings. The molecule has 0 heterocycles. The second-order valence-electron chi connectivity index (χ2n) is 3.89. The van der Waals surface area contributed by atoms with E-state index in [1.165, 1.54) is 0 Å². The zero-order valence-electron chi connectivity index (χ0n) is 9.23. The molecule has 0 saturated carbocycles. The van der Waals surface area contributed by atoms with Gasteiger partial charge in [0.1, 0.15) is 5.75 Å². The average molecular weight is 214 g/mol. The third-order valence-corrected chi connectivity index (χ3v) is 2.66. The van der Waals surface area contributed by atoms with Crippen molar-refractivity contribution in [1.82, 2.24) is 0 Å². The van der Waals surface area contributed by atoms with Crippen LogP contribution in [-0.4, -0.2) is 10.9 Å². The van der Waals surface area contributed by atoms with Gasteiger partial charge in [0.2, 0.25) is 0 Å². The number of rotatable bonds is 3. The van der Waals surface area contributed by atoms with Crippen LogP contribution in [0.4, 0.5) is 0 Å². The number of ketones is 1. The Morgan fingerprint density at radius 3 is 2.81 bits per heavy atom. The smallest absolute Gasteiger partial charge is 0.162 e. The van der Waals surface area contributed by atoms with E-state index in [9.17, 15) is 9.90 Å². The zero-order chi connectivity index (χ0) is 11.5. The van der Waals surface area contributed by atoms with Crippen LogP contribution in [0.2, 0.25) is 0 Å². The van der Waals surface area contributed by atoms with Gasteiger partial charge in [-0.2, -0.15) is 0 Å². The number of aromatic hydroxyl groups is 1. The summed E-state index contributed by atoms with van der Waals surface area (Å²) in [5, 5.41) is 11.3. The van der Waals surface area contributed by atoms with Crippen LogP contribution in [0, 0.1) is 0 Å². The molecule has 0 fully saturated rings. The van der Waals surface area contributed by atoms with Crippen LogP contribution in [0.15, 0.2) is 36.4 Å².